The molecule has 1 unspecified atom stereocenters. The zero-order chi connectivity index (χ0) is 14.0. The summed E-state index contributed by atoms with van der Waals surface area (Å²) < 4.78 is 7.15. The maximum absolute atomic E-state index is 11.4. The molecule has 0 saturated heterocycles. The third kappa shape index (κ3) is 4.25. The van der Waals surface area contributed by atoms with Gasteiger partial charge in [-0.05, 0) is 6.92 Å². The molecule has 1 heterocycles. The number of aryl methyl sites for hydroxylation is 1. The molecule has 5 nitrogen and oxygen atoms in total. The Hall–Kier alpha value is -1.17. The van der Waals surface area contributed by atoms with E-state index in [1.54, 1.807) is 36.6 Å². The topological polar surface area (TPSA) is 64.3 Å². The lowest BCUT2D eigenvalue weighted by Crippen LogP contribution is -2.44. The zero-order valence-electron chi connectivity index (χ0n) is 11.4. The van der Waals surface area contributed by atoms with Gasteiger partial charge >= 0.3 is 5.97 Å². The maximum atomic E-state index is 11.4. The molecule has 0 saturated carbocycles. The highest BCUT2D eigenvalue weighted by atomic mass is 32.2. The highest BCUT2D eigenvalue weighted by molar-refractivity contribution is 8.00. The second-order valence-corrected chi connectivity index (χ2v) is 7.19. The molecule has 0 aliphatic heterocycles. The number of aromatic nitrogens is 2. The Balaban J connectivity index is 2.77. The van der Waals surface area contributed by atoms with E-state index in [1.165, 1.54) is 6.20 Å². The fourth-order valence-electron chi connectivity index (χ4n) is 1.20. The highest BCUT2D eigenvalue weighted by Gasteiger charge is 2.37. The van der Waals surface area contributed by atoms with Crippen molar-refractivity contribution in [2.45, 2.75) is 38.0 Å². The second-order valence-electron chi connectivity index (χ2n) is 5.39. The summed E-state index contributed by atoms with van der Waals surface area (Å²) in [5, 5.41) is 13.3. The first-order chi connectivity index (χ1) is 8.12. The lowest BCUT2D eigenvalue weighted by atomic mass is 10.1. The molecule has 0 aromatic carbocycles. The second kappa shape index (κ2) is 5.22. The number of ether oxygens (including phenoxy) is 1. The van der Waals surface area contributed by atoms with Gasteiger partial charge in [-0.1, -0.05) is 20.8 Å². The monoisotopic (exact) mass is 272 g/mol. The molecular weight excluding hydrogens is 252 g/mol. The number of carboxylic acid groups (broad SMARTS) is 1. The fraction of sp³-hybridized carbons (Fsp3) is 0.667. The quantitative estimate of drug-likeness (QED) is 0.890. The Morgan fingerprint density at radius 1 is 1.50 bits per heavy atom. The first-order valence-corrected chi connectivity index (χ1v) is 6.66. The van der Waals surface area contributed by atoms with Crippen LogP contribution in [0.1, 0.15) is 27.7 Å². The van der Waals surface area contributed by atoms with Crippen LogP contribution in [0.5, 0.6) is 5.75 Å². The van der Waals surface area contributed by atoms with Crippen LogP contribution in [0.4, 0.5) is 0 Å². The molecule has 1 rings (SSSR count). The number of hydrogen-bond donors (Lipinski definition) is 1. The van der Waals surface area contributed by atoms with Crippen molar-refractivity contribution in [1.82, 2.24) is 9.78 Å². The Morgan fingerprint density at radius 2 is 2.11 bits per heavy atom. The molecule has 1 aromatic heterocycles. The first kappa shape index (κ1) is 14.9. The number of thioether (sulfide) groups is 1. The van der Waals surface area contributed by atoms with Gasteiger partial charge in [0.15, 0.2) is 5.75 Å². The van der Waals surface area contributed by atoms with E-state index in [9.17, 15) is 9.90 Å². The number of hydrogen-bond acceptors (Lipinski definition) is 4. The average Bonchev–Trinajstić information content (AvgIpc) is 2.60. The minimum Gasteiger partial charge on any atom is -0.478 e. The summed E-state index contributed by atoms with van der Waals surface area (Å²) >= 11 is 1.56. The molecular formula is C12H20N2O3S. The lowest BCUT2D eigenvalue weighted by molar-refractivity contribution is -0.151. The van der Waals surface area contributed by atoms with E-state index in [2.05, 4.69) is 5.10 Å². The first-order valence-electron chi connectivity index (χ1n) is 5.67. The fourth-order valence-corrected chi connectivity index (χ4v) is 2.09. The van der Waals surface area contributed by atoms with Crippen LogP contribution >= 0.6 is 11.8 Å². The van der Waals surface area contributed by atoms with E-state index in [-0.39, 0.29) is 4.75 Å². The van der Waals surface area contributed by atoms with Gasteiger partial charge in [-0.25, -0.2) is 4.79 Å². The van der Waals surface area contributed by atoms with Crippen LogP contribution in [0.3, 0.4) is 0 Å². The smallest absolute Gasteiger partial charge is 0.348 e. The molecule has 1 aromatic rings. The molecule has 18 heavy (non-hydrogen) atoms. The molecule has 1 N–H and O–H groups in total. The largest absolute Gasteiger partial charge is 0.478 e. The third-order valence-corrected chi connectivity index (χ3v) is 3.82. The van der Waals surface area contributed by atoms with Crippen LogP contribution in [-0.4, -0.2) is 37.0 Å². The Morgan fingerprint density at radius 3 is 2.50 bits per heavy atom. The van der Waals surface area contributed by atoms with Crippen molar-refractivity contribution < 1.29 is 14.6 Å². The number of nitrogens with zero attached hydrogens (tertiary/aromatic N) is 2. The van der Waals surface area contributed by atoms with Crippen LogP contribution in [-0.2, 0) is 11.8 Å². The van der Waals surface area contributed by atoms with E-state index in [4.69, 9.17) is 4.74 Å². The Bertz CT molecular complexity index is 425. The number of carboxylic acids is 1. The minimum atomic E-state index is -1.25. The van der Waals surface area contributed by atoms with Gasteiger partial charge in [0, 0.05) is 17.5 Å². The summed E-state index contributed by atoms with van der Waals surface area (Å²) in [6.07, 6.45) is 3.17. The Labute approximate surface area is 112 Å². The van der Waals surface area contributed by atoms with Crippen LogP contribution in [0.2, 0.25) is 0 Å². The maximum Gasteiger partial charge on any atom is 0.348 e. The molecule has 0 amide bonds. The number of carbonyl (C=O) groups is 1. The SMILES string of the molecule is Cn1cc(OC(C)(CSC(C)(C)C)C(=O)O)cn1. The van der Waals surface area contributed by atoms with E-state index < -0.39 is 11.6 Å². The van der Waals surface area contributed by atoms with Gasteiger partial charge in [-0.3, -0.25) is 4.68 Å². The molecule has 0 fully saturated rings. The van der Waals surface area contributed by atoms with Crippen LogP contribution in [0.15, 0.2) is 12.4 Å². The molecule has 1 atom stereocenters. The molecule has 0 radical (unpaired) electrons. The standard InChI is InChI=1S/C12H20N2O3S/c1-11(2,3)18-8-12(4,10(15)16)17-9-6-13-14(5)7-9/h6-7H,8H2,1-5H3,(H,15,16). The van der Waals surface area contributed by atoms with Crippen molar-refractivity contribution in [3.05, 3.63) is 12.4 Å². The van der Waals surface area contributed by atoms with Crippen molar-refractivity contribution in [2.24, 2.45) is 7.05 Å². The van der Waals surface area contributed by atoms with Crippen LogP contribution in [0.25, 0.3) is 0 Å². The van der Waals surface area contributed by atoms with Crippen molar-refractivity contribution >= 4 is 17.7 Å². The van der Waals surface area contributed by atoms with Gasteiger partial charge in [0.05, 0.1) is 12.4 Å². The van der Waals surface area contributed by atoms with E-state index in [0.717, 1.165) is 0 Å². The van der Waals surface area contributed by atoms with Crippen molar-refractivity contribution in [2.75, 3.05) is 5.75 Å². The molecule has 102 valence electrons. The van der Waals surface area contributed by atoms with Gasteiger partial charge in [0.25, 0.3) is 0 Å². The zero-order valence-corrected chi connectivity index (χ0v) is 12.2. The molecule has 0 aliphatic carbocycles. The van der Waals surface area contributed by atoms with E-state index in [0.29, 0.717) is 11.5 Å². The highest BCUT2D eigenvalue weighted by Crippen LogP contribution is 2.29. The summed E-state index contributed by atoms with van der Waals surface area (Å²) in [5.41, 5.74) is -1.25. The minimum absolute atomic E-state index is 0.00495. The van der Waals surface area contributed by atoms with Crippen molar-refractivity contribution in [3.63, 3.8) is 0 Å². The summed E-state index contributed by atoms with van der Waals surface area (Å²) in [7, 11) is 1.76. The third-order valence-electron chi connectivity index (χ3n) is 2.26. The molecule has 0 aliphatic rings. The van der Waals surface area contributed by atoms with Crippen LogP contribution in [0, 0.1) is 0 Å². The average molecular weight is 272 g/mol. The molecule has 0 bridgehead atoms. The van der Waals surface area contributed by atoms with Gasteiger partial charge < -0.3 is 9.84 Å². The van der Waals surface area contributed by atoms with E-state index in [1.807, 2.05) is 20.8 Å². The molecule has 6 heteroatoms. The number of rotatable bonds is 5. The predicted octanol–water partition coefficient (Wildman–Crippen LogP) is 2.17. The predicted molar refractivity (Wildman–Crippen MR) is 72.1 cm³/mol. The Kier molecular flexibility index (Phi) is 4.32. The van der Waals surface area contributed by atoms with Gasteiger partial charge in [0.2, 0.25) is 5.60 Å². The summed E-state index contributed by atoms with van der Waals surface area (Å²) in [6.45, 7) is 7.72. The summed E-state index contributed by atoms with van der Waals surface area (Å²) in [5.74, 6) is -0.124. The number of aliphatic carboxylic acids is 1. The van der Waals surface area contributed by atoms with Gasteiger partial charge in [0.1, 0.15) is 0 Å². The van der Waals surface area contributed by atoms with Gasteiger partial charge in [-0.15, -0.1) is 0 Å². The van der Waals surface area contributed by atoms with Crippen molar-refractivity contribution in [3.8, 4) is 5.75 Å². The lowest BCUT2D eigenvalue weighted by Gasteiger charge is -2.28. The van der Waals surface area contributed by atoms with E-state index >= 15 is 0 Å². The normalized spacial score (nSPS) is 15.2. The van der Waals surface area contributed by atoms with Crippen molar-refractivity contribution in [1.29, 1.82) is 0 Å². The summed E-state index contributed by atoms with van der Waals surface area (Å²) in [4.78, 5) is 11.4. The summed E-state index contributed by atoms with van der Waals surface area (Å²) in [6, 6.07) is 0. The molecule has 0 spiro atoms. The van der Waals surface area contributed by atoms with Gasteiger partial charge in [-0.2, -0.15) is 16.9 Å². The van der Waals surface area contributed by atoms with Crippen LogP contribution < -0.4 is 4.74 Å².